The molecule has 0 spiro atoms. The van der Waals surface area contributed by atoms with Crippen LogP contribution in [-0.4, -0.2) is 9.97 Å². The molecule has 0 aliphatic heterocycles. The fraction of sp³-hybridized carbons (Fsp3) is 0.333. The first-order valence-electron chi connectivity index (χ1n) is 6.34. The van der Waals surface area contributed by atoms with Crippen LogP contribution in [0.15, 0.2) is 16.6 Å². The van der Waals surface area contributed by atoms with E-state index in [1.165, 1.54) is 11.1 Å². The highest BCUT2D eigenvalue weighted by atomic mass is 79.9. The number of benzene rings is 1. The normalized spacial score (nSPS) is 10.8. The molecule has 100 valence electrons. The quantitative estimate of drug-likeness (QED) is 0.911. The van der Waals surface area contributed by atoms with E-state index in [1.54, 1.807) is 0 Å². The van der Waals surface area contributed by atoms with Crippen molar-refractivity contribution in [3.8, 4) is 11.4 Å². The molecule has 0 bridgehead atoms. The number of anilines is 1. The average molecular weight is 320 g/mol. The Balaban J connectivity index is 2.62. The molecule has 0 atom stereocenters. The molecule has 0 aliphatic rings. The highest BCUT2D eigenvalue weighted by Crippen LogP contribution is 2.28. The molecule has 19 heavy (non-hydrogen) atoms. The molecule has 4 heteroatoms. The number of rotatable bonds is 2. The lowest BCUT2D eigenvalue weighted by Crippen LogP contribution is -2.04. The van der Waals surface area contributed by atoms with Crippen LogP contribution in [0, 0.1) is 20.8 Å². The lowest BCUT2D eigenvalue weighted by molar-refractivity contribution is 0.981. The van der Waals surface area contributed by atoms with E-state index in [9.17, 15) is 0 Å². The first kappa shape index (κ1) is 14.0. The van der Waals surface area contributed by atoms with Crippen LogP contribution in [0.2, 0.25) is 0 Å². The molecule has 1 aromatic carbocycles. The summed E-state index contributed by atoms with van der Waals surface area (Å²) in [6, 6.07) is 4.17. The highest BCUT2D eigenvalue weighted by molar-refractivity contribution is 9.10. The Morgan fingerprint density at radius 1 is 1.11 bits per heavy atom. The van der Waals surface area contributed by atoms with E-state index in [-0.39, 0.29) is 0 Å². The molecular weight excluding hydrogens is 302 g/mol. The molecule has 0 saturated heterocycles. The number of aryl methyl sites for hydroxylation is 3. The van der Waals surface area contributed by atoms with Gasteiger partial charge in [0.25, 0.3) is 0 Å². The van der Waals surface area contributed by atoms with Crippen LogP contribution < -0.4 is 5.73 Å². The average Bonchev–Trinajstić information content (AvgIpc) is 2.38. The smallest absolute Gasteiger partial charge is 0.161 e. The van der Waals surface area contributed by atoms with Gasteiger partial charge in [0.1, 0.15) is 5.82 Å². The summed E-state index contributed by atoms with van der Waals surface area (Å²) < 4.78 is 1.13. The van der Waals surface area contributed by atoms with Crippen molar-refractivity contribution in [3.63, 3.8) is 0 Å². The first-order valence-corrected chi connectivity index (χ1v) is 7.13. The van der Waals surface area contributed by atoms with E-state index in [2.05, 4.69) is 58.8 Å². The molecule has 1 aromatic heterocycles. The number of aromatic nitrogens is 2. The molecule has 1 heterocycles. The van der Waals surface area contributed by atoms with Crippen LogP contribution in [-0.2, 0) is 6.42 Å². The third kappa shape index (κ3) is 2.63. The van der Waals surface area contributed by atoms with Crippen LogP contribution in [0.25, 0.3) is 11.4 Å². The van der Waals surface area contributed by atoms with Gasteiger partial charge in [0.05, 0.1) is 0 Å². The number of nitrogens with two attached hydrogens (primary N) is 1. The molecule has 2 N–H and O–H groups in total. The number of halogens is 1. The zero-order chi connectivity index (χ0) is 14.2. The van der Waals surface area contributed by atoms with Crippen LogP contribution in [0.5, 0.6) is 0 Å². The van der Waals surface area contributed by atoms with Crippen molar-refractivity contribution in [1.29, 1.82) is 0 Å². The highest BCUT2D eigenvalue weighted by Gasteiger charge is 2.11. The predicted octanol–water partition coefficient (Wildman–Crippen LogP) is 3.98. The Morgan fingerprint density at radius 2 is 1.68 bits per heavy atom. The first-order chi connectivity index (χ1) is 8.93. The van der Waals surface area contributed by atoms with Gasteiger partial charge in [-0.3, -0.25) is 0 Å². The van der Waals surface area contributed by atoms with Crippen LogP contribution in [0.1, 0.15) is 29.3 Å². The van der Waals surface area contributed by atoms with Gasteiger partial charge in [-0.25, -0.2) is 9.97 Å². The van der Waals surface area contributed by atoms with Crippen molar-refractivity contribution in [2.45, 2.75) is 34.1 Å². The Hall–Kier alpha value is -1.42. The van der Waals surface area contributed by atoms with Crippen LogP contribution in [0.4, 0.5) is 5.82 Å². The van der Waals surface area contributed by atoms with Crippen LogP contribution >= 0.6 is 15.9 Å². The van der Waals surface area contributed by atoms with Gasteiger partial charge < -0.3 is 5.73 Å². The monoisotopic (exact) mass is 319 g/mol. The maximum atomic E-state index is 5.98. The third-order valence-corrected chi connectivity index (χ3v) is 4.56. The second-order valence-corrected chi connectivity index (χ2v) is 5.57. The predicted molar refractivity (Wildman–Crippen MR) is 83.2 cm³/mol. The SMILES string of the molecule is CCc1nc(-c2cc(C)c(Br)c(C)c2)nc(N)c1C. The number of nitrogen functional groups attached to an aromatic ring is 1. The van der Waals surface area contributed by atoms with Gasteiger partial charge >= 0.3 is 0 Å². The summed E-state index contributed by atoms with van der Waals surface area (Å²) in [4.78, 5) is 9.04. The zero-order valence-corrected chi connectivity index (χ0v) is 13.3. The van der Waals surface area contributed by atoms with Crippen molar-refractivity contribution in [1.82, 2.24) is 9.97 Å². The standard InChI is InChI=1S/C15H18BrN3/c1-5-12-10(4)14(17)19-15(18-12)11-6-8(2)13(16)9(3)7-11/h6-7H,5H2,1-4H3,(H2,17,18,19). The van der Waals surface area contributed by atoms with Crippen LogP contribution in [0.3, 0.4) is 0 Å². The molecule has 0 amide bonds. The Kier molecular flexibility index (Phi) is 3.90. The third-order valence-electron chi connectivity index (χ3n) is 3.31. The molecule has 2 aromatic rings. The van der Waals surface area contributed by atoms with Gasteiger partial charge in [-0.15, -0.1) is 0 Å². The molecule has 0 saturated carbocycles. The fourth-order valence-electron chi connectivity index (χ4n) is 2.13. The van der Waals surface area contributed by atoms with Gasteiger partial charge in [-0.05, 0) is 50.5 Å². The number of nitrogens with zero attached hydrogens (tertiary/aromatic N) is 2. The Bertz CT molecular complexity index is 613. The van der Waals surface area contributed by atoms with Gasteiger partial charge in [0.15, 0.2) is 5.82 Å². The number of hydrogen-bond donors (Lipinski definition) is 1. The van der Waals surface area contributed by atoms with Gasteiger partial charge in [0.2, 0.25) is 0 Å². The molecule has 0 aliphatic carbocycles. The molecule has 0 fully saturated rings. The molecule has 0 unspecified atom stereocenters. The lowest BCUT2D eigenvalue weighted by Gasteiger charge is -2.11. The molecular formula is C15H18BrN3. The van der Waals surface area contributed by atoms with Crippen molar-refractivity contribution in [3.05, 3.63) is 39.0 Å². The van der Waals surface area contributed by atoms with E-state index >= 15 is 0 Å². The van der Waals surface area contributed by atoms with Crippen molar-refractivity contribution >= 4 is 21.7 Å². The summed E-state index contributed by atoms with van der Waals surface area (Å²) in [5.74, 6) is 1.28. The van der Waals surface area contributed by atoms with E-state index < -0.39 is 0 Å². The summed E-state index contributed by atoms with van der Waals surface area (Å²) in [5.41, 5.74) is 11.3. The summed E-state index contributed by atoms with van der Waals surface area (Å²) >= 11 is 3.57. The second-order valence-electron chi connectivity index (χ2n) is 4.78. The van der Waals surface area contributed by atoms with Crippen molar-refractivity contribution in [2.75, 3.05) is 5.73 Å². The van der Waals surface area contributed by atoms with E-state index in [0.29, 0.717) is 11.6 Å². The maximum Gasteiger partial charge on any atom is 0.161 e. The van der Waals surface area contributed by atoms with E-state index in [4.69, 9.17) is 5.73 Å². The van der Waals surface area contributed by atoms with E-state index in [1.807, 2.05) is 6.92 Å². The lowest BCUT2D eigenvalue weighted by atomic mass is 10.1. The second kappa shape index (κ2) is 5.29. The van der Waals surface area contributed by atoms with Crippen molar-refractivity contribution < 1.29 is 0 Å². The molecule has 2 rings (SSSR count). The molecule has 0 radical (unpaired) electrons. The van der Waals surface area contributed by atoms with E-state index in [0.717, 1.165) is 27.7 Å². The maximum absolute atomic E-state index is 5.98. The van der Waals surface area contributed by atoms with Crippen molar-refractivity contribution in [2.24, 2.45) is 0 Å². The summed E-state index contributed by atoms with van der Waals surface area (Å²) in [6.07, 6.45) is 0.861. The minimum atomic E-state index is 0.570. The summed E-state index contributed by atoms with van der Waals surface area (Å²) in [5, 5.41) is 0. The Labute approximate surface area is 122 Å². The Morgan fingerprint density at radius 3 is 2.21 bits per heavy atom. The number of hydrogen-bond acceptors (Lipinski definition) is 3. The minimum absolute atomic E-state index is 0.570. The minimum Gasteiger partial charge on any atom is -0.383 e. The van der Waals surface area contributed by atoms with Gasteiger partial charge in [-0.2, -0.15) is 0 Å². The topological polar surface area (TPSA) is 51.8 Å². The summed E-state index contributed by atoms with van der Waals surface area (Å²) in [7, 11) is 0. The summed E-state index contributed by atoms with van der Waals surface area (Å²) in [6.45, 7) is 8.18. The van der Waals surface area contributed by atoms with Gasteiger partial charge in [-0.1, -0.05) is 22.9 Å². The zero-order valence-electron chi connectivity index (χ0n) is 11.7. The molecule has 3 nitrogen and oxygen atoms in total. The largest absolute Gasteiger partial charge is 0.383 e. The van der Waals surface area contributed by atoms with Gasteiger partial charge in [0, 0.05) is 21.3 Å². The fourth-order valence-corrected chi connectivity index (χ4v) is 2.36.